The van der Waals surface area contributed by atoms with Crippen LogP contribution in [0.15, 0.2) is 59.0 Å². The van der Waals surface area contributed by atoms with Crippen LogP contribution in [-0.2, 0) is 9.53 Å². The van der Waals surface area contributed by atoms with Crippen molar-refractivity contribution in [3.8, 4) is 22.8 Å². The summed E-state index contributed by atoms with van der Waals surface area (Å²) in [4.78, 5) is 31.2. The summed E-state index contributed by atoms with van der Waals surface area (Å²) in [6.07, 6.45) is 0.843. The molecule has 33 heavy (non-hydrogen) atoms. The Morgan fingerprint density at radius 3 is 2.42 bits per heavy atom. The number of carbonyl (C=O) groups is 2. The molecule has 1 aromatic heterocycles. The largest absolute Gasteiger partial charge is 0.435 e. The third-order valence-electron chi connectivity index (χ3n) is 5.37. The molecule has 2 heterocycles. The molecule has 1 saturated heterocycles. The molecule has 4 rings (SSSR count). The van der Waals surface area contributed by atoms with E-state index in [4.69, 9.17) is 9.15 Å². The first-order valence-electron chi connectivity index (χ1n) is 11.1. The van der Waals surface area contributed by atoms with Gasteiger partial charge in [-0.1, -0.05) is 18.2 Å². The number of oxazole rings is 1. The number of morpholine rings is 1. The topological polar surface area (TPSA) is 96.7 Å². The minimum absolute atomic E-state index is 0.147. The summed E-state index contributed by atoms with van der Waals surface area (Å²) < 4.78 is 11.4. The first kappa shape index (κ1) is 22.7. The molecular weight excluding hydrogens is 420 g/mol. The first-order valence-corrected chi connectivity index (χ1v) is 11.1. The van der Waals surface area contributed by atoms with Crippen LogP contribution in [0.1, 0.15) is 23.8 Å². The maximum absolute atomic E-state index is 13.0. The number of hydrogen-bond donors (Lipinski definition) is 2. The van der Waals surface area contributed by atoms with E-state index in [2.05, 4.69) is 20.5 Å². The number of ether oxygens (including phenoxy) is 1. The van der Waals surface area contributed by atoms with Gasteiger partial charge in [0.15, 0.2) is 11.5 Å². The molecule has 2 aromatic carbocycles. The van der Waals surface area contributed by atoms with Gasteiger partial charge in [-0.25, -0.2) is 4.98 Å². The molecule has 1 aliphatic heterocycles. The highest BCUT2D eigenvalue weighted by atomic mass is 16.5. The monoisotopic (exact) mass is 448 g/mol. The average Bonchev–Trinajstić information content (AvgIpc) is 3.29. The minimum atomic E-state index is -0.274. The minimum Gasteiger partial charge on any atom is -0.435 e. The Morgan fingerprint density at radius 1 is 1.00 bits per heavy atom. The molecule has 0 aliphatic carbocycles. The number of hydrogen-bond acceptors (Lipinski definition) is 6. The molecule has 0 radical (unpaired) electrons. The van der Waals surface area contributed by atoms with E-state index in [0.29, 0.717) is 29.4 Å². The zero-order valence-corrected chi connectivity index (χ0v) is 18.7. The Morgan fingerprint density at radius 2 is 1.73 bits per heavy atom. The summed E-state index contributed by atoms with van der Waals surface area (Å²) in [6.45, 7) is 6.29. The van der Waals surface area contributed by atoms with Crippen molar-refractivity contribution in [1.82, 2.24) is 15.2 Å². The summed E-state index contributed by atoms with van der Waals surface area (Å²) in [6, 6.07) is 16.6. The number of amides is 2. The molecule has 8 heteroatoms. The fourth-order valence-corrected chi connectivity index (χ4v) is 3.70. The van der Waals surface area contributed by atoms with Crippen LogP contribution in [0.25, 0.3) is 22.8 Å². The number of anilines is 1. The molecule has 3 aromatic rings. The number of carbonyl (C=O) groups excluding carboxylic acids is 2. The van der Waals surface area contributed by atoms with Gasteiger partial charge >= 0.3 is 0 Å². The van der Waals surface area contributed by atoms with E-state index < -0.39 is 0 Å². The fraction of sp³-hybridized carbons (Fsp3) is 0.320. The van der Waals surface area contributed by atoms with Crippen molar-refractivity contribution in [3.05, 3.63) is 60.3 Å². The van der Waals surface area contributed by atoms with Crippen LogP contribution in [0.2, 0.25) is 0 Å². The second-order valence-electron chi connectivity index (χ2n) is 7.88. The molecule has 0 saturated carbocycles. The van der Waals surface area contributed by atoms with E-state index in [0.717, 1.165) is 44.8 Å². The molecular formula is C25H28N4O4. The number of rotatable bonds is 8. The van der Waals surface area contributed by atoms with Crippen LogP contribution in [0.4, 0.5) is 5.69 Å². The lowest BCUT2D eigenvalue weighted by Crippen LogP contribution is -2.38. The van der Waals surface area contributed by atoms with Crippen molar-refractivity contribution in [2.75, 3.05) is 44.7 Å². The van der Waals surface area contributed by atoms with Crippen molar-refractivity contribution in [2.24, 2.45) is 0 Å². The zero-order valence-electron chi connectivity index (χ0n) is 18.7. The summed E-state index contributed by atoms with van der Waals surface area (Å²) >= 11 is 0. The second kappa shape index (κ2) is 10.9. The number of nitrogens with one attached hydrogen (secondary N) is 2. The van der Waals surface area contributed by atoms with Crippen molar-refractivity contribution >= 4 is 17.5 Å². The third kappa shape index (κ3) is 6.06. The number of aromatic nitrogens is 1. The van der Waals surface area contributed by atoms with Crippen LogP contribution >= 0.6 is 0 Å². The molecule has 2 amide bonds. The third-order valence-corrected chi connectivity index (χ3v) is 5.37. The molecule has 2 N–H and O–H groups in total. The van der Waals surface area contributed by atoms with Gasteiger partial charge in [0, 0.05) is 43.4 Å². The number of benzene rings is 2. The second-order valence-corrected chi connectivity index (χ2v) is 7.88. The van der Waals surface area contributed by atoms with Gasteiger partial charge in [-0.2, -0.15) is 0 Å². The predicted molar refractivity (Wildman–Crippen MR) is 126 cm³/mol. The van der Waals surface area contributed by atoms with E-state index in [1.54, 1.807) is 24.3 Å². The maximum Gasteiger partial charge on any atom is 0.273 e. The van der Waals surface area contributed by atoms with Crippen LogP contribution in [0, 0.1) is 0 Å². The Balaban J connectivity index is 1.50. The summed E-state index contributed by atoms with van der Waals surface area (Å²) in [5.41, 5.74) is 2.41. The van der Waals surface area contributed by atoms with Crippen LogP contribution in [-0.4, -0.2) is 61.1 Å². The molecule has 0 spiro atoms. The lowest BCUT2D eigenvalue weighted by molar-refractivity contribution is -0.114. The summed E-state index contributed by atoms with van der Waals surface area (Å²) in [5, 5.41) is 5.71. The van der Waals surface area contributed by atoms with Crippen LogP contribution in [0.5, 0.6) is 0 Å². The fourth-order valence-electron chi connectivity index (χ4n) is 3.70. The van der Waals surface area contributed by atoms with Gasteiger partial charge in [0.05, 0.1) is 13.2 Å². The molecule has 8 nitrogen and oxygen atoms in total. The molecule has 0 atom stereocenters. The van der Waals surface area contributed by atoms with Gasteiger partial charge in [-0.15, -0.1) is 0 Å². The zero-order chi connectivity index (χ0) is 23.0. The molecule has 1 aliphatic rings. The molecule has 172 valence electrons. The average molecular weight is 449 g/mol. The highest BCUT2D eigenvalue weighted by Gasteiger charge is 2.22. The van der Waals surface area contributed by atoms with E-state index in [1.807, 2.05) is 30.3 Å². The maximum atomic E-state index is 13.0. The summed E-state index contributed by atoms with van der Waals surface area (Å²) in [5.74, 6) is 0.360. The van der Waals surface area contributed by atoms with Gasteiger partial charge in [-0.05, 0) is 49.4 Å². The smallest absolute Gasteiger partial charge is 0.273 e. The highest BCUT2D eigenvalue weighted by Crippen LogP contribution is 2.30. The lowest BCUT2D eigenvalue weighted by Gasteiger charge is -2.26. The summed E-state index contributed by atoms with van der Waals surface area (Å²) in [7, 11) is 0. The molecule has 1 fully saturated rings. The molecule has 0 unspecified atom stereocenters. The standard InChI is InChI=1S/C25H28N4O4/c1-18(30)27-21-10-8-19(9-11-21)23-22(28-25(33-23)20-6-3-2-4-7-20)24(31)26-12-5-13-29-14-16-32-17-15-29/h2-4,6-11H,5,12-17H2,1H3,(H,26,31)(H,27,30). The van der Waals surface area contributed by atoms with Crippen molar-refractivity contribution in [1.29, 1.82) is 0 Å². The predicted octanol–water partition coefficient (Wildman–Crippen LogP) is 3.42. The highest BCUT2D eigenvalue weighted by molar-refractivity contribution is 5.98. The van der Waals surface area contributed by atoms with Gasteiger partial charge in [0.2, 0.25) is 11.8 Å². The van der Waals surface area contributed by atoms with Gasteiger partial charge in [0.25, 0.3) is 5.91 Å². The van der Waals surface area contributed by atoms with E-state index in [-0.39, 0.29) is 17.5 Å². The lowest BCUT2D eigenvalue weighted by atomic mass is 10.1. The van der Waals surface area contributed by atoms with Crippen molar-refractivity contribution in [3.63, 3.8) is 0 Å². The van der Waals surface area contributed by atoms with Crippen LogP contribution in [0.3, 0.4) is 0 Å². The van der Waals surface area contributed by atoms with Crippen LogP contribution < -0.4 is 10.6 Å². The van der Waals surface area contributed by atoms with Crippen molar-refractivity contribution in [2.45, 2.75) is 13.3 Å². The number of nitrogens with zero attached hydrogens (tertiary/aromatic N) is 2. The normalized spacial score (nSPS) is 14.1. The molecule has 0 bridgehead atoms. The Bertz CT molecular complexity index is 1070. The van der Waals surface area contributed by atoms with E-state index in [1.165, 1.54) is 6.92 Å². The first-order chi connectivity index (χ1) is 16.1. The van der Waals surface area contributed by atoms with E-state index >= 15 is 0 Å². The van der Waals surface area contributed by atoms with Crippen molar-refractivity contribution < 1.29 is 18.7 Å². The Labute approximate surface area is 192 Å². The van der Waals surface area contributed by atoms with Gasteiger partial charge in [-0.3, -0.25) is 14.5 Å². The Kier molecular flexibility index (Phi) is 7.49. The SMILES string of the molecule is CC(=O)Nc1ccc(-c2oc(-c3ccccc3)nc2C(=O)NCCCN2CCOCC2)cc1. The Hall–Kier alpha value is -3.49. The quantitative estimate of drug-likeness (QED) is 0.513. The van der Waals surface area contributed by atoms with Gasteiger partial charge < -0.3 is 19.8 Å². The van der Waals surface area contributed by atoms with E-state index in [9.17, 15) is 9.59 Å². The van der Waals surface area contributed by atoms with Gasteiger partial charge in [0.1, 0.15) is 0 Å².